The fourth-order valence-corrected chi connectivity index (χ4v) is 2.83. The maximum atomic E-state index is 12.3. The van der Waals surface area contributed by atoms with Crippen molar-refractivity contribution < 1.29 is 19.4 Å². The van der Waals surface area contributed by atoms with E-state index in [-0.39, 0.29) is 25.1 Å². The van der Waals surface area contributed by atoms with Crippen molar-refractivity contribution in [3.63, 3.8) is 0 Å². The molecule has 2 atom stereocenters. The van der Waals surface area contributed by atoms with Crippen LogP contribution in [0.15, 0.2) is 24.3 Å². The molecular weight excluding hydrogens is 294 g/mol. The van der Waals surface area contributed by atoms with Crippen molar-refractivity contribution in [1.29, 1.82) is 0 Å². The van der Waals surface area contributed by atoms with Gasteiger partial charge < -0.3 is 14.7 Å². The Hall–Kier alpha value is -2.04. The highest BCUT2D eigenvalue weighted by Gasteiger charge is 2.32. The molecule has 1 N–H and O–H groups in total. The van der Waals surface area contributed by atoms with Crippen molar-refractivity contribution in [3.8, 4) is 5.75 Å². The third-order valence-corrected chi connectivity index (χ3v) is 4.46. The molecule has 1 aliphatic heterocycles. The number of piperidine rings is 1. The van der Waals surface area contributed by atoms with E-state index in [1.807, 2.05) is 31.2 Å². The average Bonchev–Trinajstić information content (AvgIpc) is 2.53. The van der Waals surface area contributed by atoms with Crippen LogP contribution in [0.1, 0.15) is 45.1 Å². The topological polar surface area (TPSA) is 66.8 Å². The van der Waals surface area contributed by atoms with Crippen LogP contribution in [-0.2, 0) is 9.59 Å². The first-order chi connectivity index (χ1) is 10.9. The van der Waals surface area contributed by atoms with Crippen LogP contribution in [0.3, 0.4) is 0 Å². The molecule has 2 rings (SSSR count). The second kappa shape index (κ2) is 7.49. The molecule has 0 aliphatic carbocycles. The molecule has 2 unspecified atom stereocenters. The third-order valence-electron chi connectivity index (χ3n) is 4.46. The zero-order chi connectivity index (χ0) is 17.0. The van der Waals surface area contributed by atoms with Gasteiger partial charge >= 0.3 is 5.97 Å². The van der Waals surface area contributed by atoms with Crippen molar-refractivity contribution in [2.45, 2.75) is 45.6 Å². The smallest absolute Gasteiger partial charge is 0.308 e. The molecule has 0 radical (unpaired) electrons. The molecule has 1 saturated heterocycles. The van der Waals surface area contributed by atoms with Crippen LogP contribution in [-0.4, -0.2) is 41.1 Å². The van der Waals surface area contributed by atoms with E-state index in [1.165, 1.54) is 5.56 Å². The number of benzene rings is 1. The summed E-state index contributed by atoms with van der Waals surface area (Å²) >= 11 is 0. The van der Waals surface area contributed by atoms with Crippen LogP contribution >= 0.6 is 0 Å². The van der Waals surface area contributed by atoms with Crippen molar-refractivity contribution in [2.75, 3.05) is 13.2 Å². The van der Waals surface area contributed by atoms with Gasteiger partial charge in [0.05, 0.1) is 5.92 Å². The summed E-state index contributed by atoms with van der Waals surface area (Å²) in [5.41, 5.74) is 1.22. The van der Waals surface area contributed by atoms with E-state index in [0.717, 1.165) is 0 Å². The first-order valence-electron chi connectivity index (χ1n) is 8.13. The van der Waals surface area contributed by atoms with Crippen LogP contribution in [0.4, 0.5) is 0 Å². The predicted molar refractivity (Wildman–Crippen MR) is 87.6 cm³/mol. The summed E-state index contributed by atoms with van der Waals surface area (Å²) in [7, 11) is 0. The number of carboxylic acids is 1. The summed E-state index contributed by atoms with van der Waals surface area (Å²) in [6.07, 6.45) is 1.34. The van der Waals surface area contributed by atoms with Gasteiger partial charge in [0, 0.05) is 12.6 Å². The number of carboxylic acid groups (broad SMARTS) is 1. The van der Waals surface area contributed by atoms with E-state index in [9.17, 15) is 9.59 Å². The molecule has 126 valence electrons. The molecule has 1 fully saturated rings. The van der Waals surface area contributed by atoms with Gasteiger partial charge in [-0.05, 0) is 43.4 Å². The SMILES string of the molecule is CC(C)c1ccc(OCC(=O)N2CC(C(=O)O)CCC2C)cc1. The molecule has 0 spiro atoms. The summed E-state index contributed by atoms with van der Waals surface area (Å²) in [4.78, 5) is 25.1. The van der Waals surface area contributed by atoms with Crippen molar-refractivity contribution in [3.05, 3.63) is 29.8 Å². The van der Waals surface area contributed by atoms with E-state index >= 15 is 0 Å². The molecule has 1 amide bonds. The van der Waals surface area contributed by atoms with E-state index < -0.39 is 11.9 Å². The van der Waals surface area contributed by atoms with Gasteiger partial charge in [-0.1, -0.05) is 26.0 Å². The van der Waals surface area contributed by atoms with Gasteiger partial charge in [-0.15, -0.1) is 0 Å². The van der Waals surface area contributed by atoms with Crippen LogP contribution in [0, 0.1) is 5.92 Å². The maximum absolute atomic E-state index is 12.3. The Labute approximate surface area is 137 Å². The van der Waals surface area contributed by atoms with Crippen molar-refractivity contribution >= 4 is 11.9 Å². The Bertz CT molecular complexity index is 553. The summed E-state index contributed by atoms with van der Waals surface area (Å²) in [6, 6.07) is 7.78. The number of carbonyl (C=O) groups is 2. The number of ether oxygens (including phenoxy) is 1. The molecule has 1 aliphatic rings. The molecule has 0 aromatic heterocycles. The second-order valence-corrected chi connectivity index (χ2v) is 6.52. The number of aliphatic carboxylic acids is 1. The van der Waals surface area contributed by atoms with Crippen LogP contribution in [0.25, 0.3) is 0 Å². The monoisotopic (exact) mass is 319 g/mol. The van der Waals surface area contributed by atoms with Crippen LogP contribution in [0.5, 0.6) is 5.75 Å². The molecule has 23 heavy (non-hydrogen) atoms. The Morgan fingerprint density at radius 3 is 2.48 bits per heavy atom. The fraction of sp³-hybridized carbons (Fsp3) is 0.556. The highest BCUT2D eigenvalue weighted by molar-refractivity contribution is 5.79. The number of likely N-dealkylation sites (tertiary alicyclic amines) is 1. The Morgan fingerprint density at radius 1 is 1.26 bits per heavy atom. The molecular formula is C18H25NO4. The molecule has 0 bridgehead atoms. The number of nitrogens with zero attached hydrogens (tertiary/aromatic N) is 1. The lowest BCUT2D eigenvalue weighted by Gasteiger charge is -2.36. The summed E-state index contributed by atoms with van der Waals surface area (Å²) in [6.45, 7) is 6.40. The lowest BCUT2D eigenvalue weighted by Crippen LogP contribution is -2.49. The molecule has 1 aromatic rings. The fourth-order valence-electron chi connectivity index (χ4n) is 2.83. The van der Waals surface area contributed by atoms with Gasteiger partial charge in [0.2, 0.25) is 0 Å². The number of hydrogen-bond acceptors (Lipinski definition) is 3. The minimum atomic E-state index is -0.833. The number of rotatable bonds is 5. The van der Waals surface area contributed by atoms with Gasteiger partial charge in [-0.25, -0.2) is 0 Å². The average molecular weight is 319 g/mol. The van der Waals surface area contributed by atoms with Gasteiger partial charge in [0.15, 0.2) is 6.61 Å². The number of carbonyl (C=O) groups excluding carboxylic acids is 1. The van der Waals surface area contributed by atoms with Crippen molar-refractivity contribution in [2.24, 2.45) is 5.92 Å². The largest absolute Gasteiger partial charge is 0.484 e. The Kier molecular flexibility index (Phi) is 5.64. The number of hydrogen-bond donors (Lipinski definition) is 1. The van der Waals surface area contributed by atoms with Gasteiger partial charge in [0.1, 0.15) is 5.75 Å². The zero-order valence-corrected chi connectivity index (χ0v) is 14.0. The first kappa shape index (κ1) is 17.3. The highest BCUT2D eigenvalue weighted by atomic mass is 16.5. The molecule has 1 aromatic carbocycles. The predicted octanol–water partition coefficient (Wildman–Crippen LogP) is 2.90. The van der Waals surface area contributed by atoms with E-state index in [2.05, 4.69) is 13.8 Å². The summed E-state index contributed by atoms with van der Waals surface area (Å²) in [5.74, 6) is -0.355. The van der Waals surface area contributed by atoms with Gasteiger partial charge in [-0.3, -0.25) is 9.59 Å². The van der Waals surface area contributed by atoms with E-state index in [1.54, 1.807) is 4.90 Å². The lowest BCUT2D eigenvalue weighted by atomic mass is 9.93. The van der Waals surface area contributed by atoms with Gasteiger partial charge in [-0.2, -0.15) is 0 Å². The lowest BCUT2D eigenvalue weighted by molar-refractivity contribution is -0.147. The van der Waals surface area contributed by atoms with Crippen molar-refractivity contribution in [1.82, 2.24) is 4.90 Å². The minimum absolute atomic E-state index is 0.0578. The normalized spacial score (nSPS) is 21.3. The maximum Gasteiger partial charge on any atom is 0.308 e. The molecule has 5 nitrogen and oxygen atoms in total. The highest BCUT2D eigenvalue weighted by Crippen LogP contribution is 2.23. The van der Waals surface area contributed by atoms with E-state index in [0.29, 0.717) is 24.5 Å². The third kappa shape index (κ3) is 4.47. The zero-order valence-electron chi connectivity index (χ0n) is 14.0. The molecule has 0 saturated carbocycles. The van der Waals surface area contributed by atoms with Crippen LogP contribution in [0.2, 0.25) is 0 Å². The standard InChI is InChI=1S/C18H25NO4/c1-12(2)14-6-8-16(9-7-14)23-11-17(20)19-10-15(18(21)22)5-4-13(19)3/h6-9,12-13,15H,4-5,10-11H2,1-3H3,(H,21,22). The number of amides is 1. The second-order valence-electron chi connectivity index (χ2n) is 6.52. The van der Waals surface area contributed by atoms with Gasteiger partial charge in [0.25, 0.3) is 5.91 Å². The summed E-state index contributed by atoms with van der Waals surface area (Å²) in [5, 5.41) is 9.13. The Balaban J connectivity index is 1.91. The first-order valence-corrected chi connectivity index (χ1v) is 8.13. The molecule has 5 heteroatoms. The summed E-state index contributed by atoms with van der Waals surface area (Å²) < 4.78 is 5.56. The Morgan fingerprint density at radius 2 is 1.91 bits per heavy atom. The van der Waals surface area contributed by atoms with Crippen LogP contribution < -0.4 is 4.74 Å². The molecule has 1 heterocycles. The quantitative estimate of drug-likeness (QED) is 0.906. The minimum Gasteiger partial charge on any atom is -0.484 e. The van der Waals surface area contributed by atoms with E-state index in [4.69, 9.17) is 9.84 Å².